The first kappa shape index (κ1) is 26.9. The molecular weight excluding hydrogens is 372 g/mol. The average molecular weight is 400 g/mol. The van der Waals surface area contributed by atoms with Gasteiger partial charge in [0.05, 0.1) is 0 Å². The topological polar surface area (TPSA) is 40.5 Å². The molecule has 4 heteroatoms. The van der Waals surface area contributed by atoms with Crippen molar-refractivity contribution in [3.63, 3.8) is 0 Å². The van der Waals surface area contributed by atoms with Gasteiger partial charge in [-0.25, -0.2) is 12.2 Å². The fourth-order valence-electron chi connectivity index (χ4n) is 2.24. The number of aliphatic hydroxyl groups excluding tert-OH is 2. The molecule has 0 spiro atoms. The van der Waals surface area contributed by atoms with Crippen molar-refractivity contribution in [2.24, 2.45) is 0 Å². The van der Waals surface area contributed by atoms with Crippen molar-refractivity contribution in [3.8, 4) is 0 Å². The molecule has 2 N–H and O–H groups in total. The molecule has 0 bridgehead atoms. The van der Waals surface area contributed by atoms with Crippen LogP contribution in [0.4, 0.5) is 0 Å². The summed E-state index contributed by atoms with van der Waals surface area (Å²) in [5.41, 5.74) is 0. The number of hydrogen-bond donors (Lipinski definition) is 2. The zero-order chi connectivity index (χ0) is 18.9. The maximum absolute atomic E-state index is 7.00. The van der Waals surface area contributed by atoms with Crippen LogP contribution in [-0.4, -0.2) is 34.0 Å². The third kappa shape index (κ3) is 9.37. The molecule has 0 saturated carbocycles. The van der Waals surface area contributed by atoms with Crippen LogP contribution in [0.2, 0.25) is 13.1 Å². The number of benzene rings is 2. The van der Waals surface area contributed by atoms with Crippen LogP contribution in [-0.2, 0) is 21.7 Å². The summed E-state index contributed by atoms with van der Waals surface area (Å²) in [6.07, 6.45) is 10.0. The molecule has 0 unspecified atom stereocenters. The Morgan fingerprint density at radius 3 is 1.58 bits per heavy atom. The van der Waals surface area contributed by atoms with E-state index in [1.807, 2.05) is 12.2 Å². The molecular formula is C22H28O2SiTi. The van der Waals surface area contributed by atoms with Gasteiger partial charge in [-0.1, -0.05) is 49.5 Å². The molecule has 3 aromatic carbocycles. The van der Waals surface area contributed by atoms with E-state index >= 15 is 0 Å². The molecule has 1 aliphatic rings. The molecule has 0 fully saturated rings. The van der Waals surface area contributed by atoms with Crippen LogP contribution in [0.15, 0.2) is 72.8 Å². The van der Waals surface area contributed by atoms with Gasteiger partial charge in [0.25, 0.3) is 0 Å². The summed E-state index contributed by atoms with van der Waals surface area (Å²) >= 11 is 0. The largest absolute Gasteiger partial charge is 2.00 e. The maximum atomic E-state index is 7.00. The van der Waals surface area contributed by atoms with Crippen molar-refractivity contribution >= 4 is 31.1 Å². The number of allylic oxidation sites excluding steroid dienone is 4. The van der Waals surface area contributed by atoms with Crippen molar-refractivity contribution in [2.45, 2.75) is 19.5 Å². The fraction of sp³-hybridized carbons (Fsp3) is 0.227. The molecule has 0 aromatic heterocycles. The Bertz CT molecular complexity index is 688. The number of rotatable bonds is 0. The SMILES string of the molecule is CO.CO.C[Si]C.[C-]1=CC=CC1.[Ti+2].c1ccc2c(c1)[cH-]c1ccccc12. The Hall–Kier alpha value is -1.36. The smallest absolute Gasteiger partial charge is 0.400 e. The van der Waals surface area contributed by atoms with Gasteiger partial charge in [0.2, 0.25) is 0 Å². The van der Waals surface area contributed by atoms with Gasteiger partial charge in [-0.3, -0.25) is 6.08 Å². The summed E-state index contributed by atoms with van der Waals surface area (Å²) in [6, 6.07) is 19.3. The first-order valence-corrected chi connectivity index (χ1v) is 10.1. The summed E-state index contributed by atoms with van der Waals surface area (Å²) < 4.78 is 0. The maximum Gasteiger partial charge on any atom is 2.00 e. The Kier molecular flexibility index (Phi) is 19.0. The van der Waals surface area contributed by atoms with Gasteiger partial charge in [0.15, 0.2) is 0 Å². The van der Waals surface area contributed by atoms with Gasteiger partial charge in [-0.15, -0.1) is 46.2 Å². The second-order valence-corrected chi connectivity index (χ2v) is 5.82. The van der Waals surface area contributed by atoms with Crippen molar-refractivity contribution in [1.29, 1.82) is 0 Å². The zero-order valence-electron chi connectivity index (χ0n) is 16.0. The molecule has 0 saturated heterocycles. The number of hydrogen-bond acceptors (Lipinski definition) is 2. The molecule has 0 amide bonds. The molecule has 136 valence electrons. The van der Waals surface area contributed by atoms with Gasteiger partial charge in [0, 0.05) is 23.7 Å². The van der Waals surface area contributed by atoms with E-state index in [0.717, 1.165) is 30.2 Å². The molecule has 0 heterocycles. The van der Waals surface area contributed by atoms with Crippen LogP contribution in [0.5, 0.6) is 0 Å². The van der Waals surface area contributed by atoms with E-state index in [9.17, 15) is 0 Å². The van der Waals surface area contributed by atoms with E-state index < -0.39 is 0 Å². The minimum atomic E-state index is 0. The molecule has 4 rings (SSSR count). The van der Waals surface area contributed by atoms with Crippen LogP contribution in [0.3, 0.4) is 0 Å². The molecule has 1 aliphatic carbocycles. The quantitative estimate of drug-likeness (QED) is 0.411. The minimum absolute atomic E-state index is 0. The molecule has 0 atom stereocenters. The average Bonchev–Trinajstić information content (AvgIpc) is 3.37. The first-order valence-electron chi connectivity index (χ1n) is 8.09. The van der Waals surface area contributed by atoms with Crippen LogP contribution >= 0.6 is 0 Å². The van der Waals surface area contributed by atoms with Crippen molar-refractivity contribution in [2.75, 3.05) is 14.2 Å². The minimum Gasteiger partial charge on any atom is -0.400 e. The van der Waals surface area contributed by atoms with E-state index in [4.69, 9.17) is 10.2 Å². The monoisotopic (exact) mass is 400 g/mol. The molecule has 2 radical (unpaired) electrons. The Morgan fingerprint density at radius 2 is 1.27 bits per heavy atom. The zero-order valence-corrected chi connectivity index (χ0v) is 18.6. The third-order valence-corrected chi connectivity index (χ3v) is 3.11. The third-order valence-electron chi connectivity index (χ3n) is 3.11. The van der Waals surface area contributed by atoms with Crippen molar-refractivity contribution in [3.05, 3.63) is 78.9 Å². The van der Waals surface area contributed by atoms with Gasteiger partial charge in [-0.2, -0.15) is 6.08 Å². The van der Waals surface area contributed by atoms with E-state index in [0.29, 0.717) is 0 Å². The van der Waals surface area contributed by atoms with Crippen LogP contribution in [0.25, 0.3) is 21.5 Å². The van der Waals surface area contributed by atoms with Crippen molar-refractivity contribution < 1.29 is 31.9 Å². The van der Waals surface area contributed by atoms with Gasteiger partial charge >= 0.3 is 21.7 Å². The molecule has 2 nitrogen and oxygen atoms in total. The predicted octanol–water partition coefficient (Wildman–Crippen LogP) is 5.02. The fourth-order valence-corrected chi connectivity index (χ4v) is 2.24. The van der Waals surface area contributed by atoms with Crippen LogP contribution in [0.1, 0.15) is 6.42 Å². The Morgan fingerprint density at radius 1 is 0.846 bits per heavy atom. The summed E-state index contributed by atoms with van der Waals surface area (Å²) in [4.78, 5) is 0. The predicted molar refractivity (Wildman–Crippen MR) is 112 cm³/mol. The summed E-state index contributed by atoms with van der Waals surface area (Å²) in [7, 11) is 3.08. The van der Waals surface area contributed by atoms with E-state index in [1.165, 1.54) is 21.5 Å². The molecule has 3 aromatic rings. The van der Waals surface area contributed by atoms with E-state index in [-0.39, 0.29) is 21.7 Å². The summed E-state index contributed by atoms with van der Waals surface area (Å²) in [5.74, 6) is 0. The van der Waals surface area contributed by atoms with Crippen LogP contribution in [0, 0.1) is 6.08 Å². The Balaban J connectivity index is 0. The van der Waals surface area contributed by atoms with E-state index in [2.05, 4.69) is 79.8 Å². The summed E-state index contributed by atoms with van der Waals surface area (Å²) in [5, 5.41) is 19.4. The van der Waals surface area contributed by atoms with Gasteiger partial charge < -0.3 is 10.2 Å². The molecule has 0 aliphatic heterocycles. The second kappa shape index (κ2) is 18.4. The van der Waals surface area contributed by atoms with Gasteiger partial charge in [-0.05, 0) is 0 Å². The second-order valence-electron chi connectivity index (χ2n) is 4.82. The van der Waals surface area contributed by atoms with Gasteiger partial charge in [0.1, 0.15) is 0 Å². The summed E-state index contributed by atoms with van der Waals surface area (Å²) in [6.45, 7) is 4.31. The molecule has 26 heavy (non-hydrogen) atoms. The Labute approximate surface area is 175 Å². The standard InChI is InChI=1S/C13H9.C5H5.C2H6Si.2CH4O.Ti/c1-3-7-12-10(5-1)9-11-6-2-4-8-13(11)12;1-2-4-5-3-1;1-3-2;2*1-2;/h1-9H;1-3H,4H2;1-2H3;2*2H,1H3;/q2*-1;;;;+2. The normalized spacial score (nSPS) is 10.1. The van der Waals surface area contributed by atoms with Crippen LogP contribution < -0.4 is 0 Å². The number of aliphatic hydroxyl groups is 2. The van der Waals surface area contributed by atoms with Crippen molar-refractivity contribution in [1.82, 2.24) is 0 Å². The first-order chi connectivity index (χ1) is 12.4. The van der Waals surface area contributed by atoms with E-state index in [1.54, 1.807) is 0 Å². The number of fused-ring (bicyclic) bond motifs is 3.